The second-order valence-electron chi connectivity index (χ2n) is 2.81. The van der Waals surface area contributed by atoms with E-state index >= 15 is 0 Å². The summed E-state index contributed by atoms with van der Waals surface area (Å²) in [5.74, 6) is 0.00583. The van der Waals surface area contributed by atoms with Gasteiger partial charge in [0, 0.05) is 11.6 Å². The number of rotatable bonds is 3. The van der Waals surface area contributed by atoms with Gasteiger partial charge in [-0.1, -0.05) is 0 Å². The smallest absolute Gasteiger partial charge is 0.336 e. The summed E-state index contributed by atoms with van der Waals surface area (Å²) in [4.78, 5) is 10.8. The summed E-state index contributed by atoms with van der Waals surface area (Å²) in [7, 11) is 2.98. The van der Waals surface area contributed by atoms with Gasteiger partial charge in [0.05, 0.1) is 19.8 Å². The number of ether oxygens (including phenoxy) is 2. The lowest BCUT2D eigenvalue weighted by atomic mass is 10.1. The predicted molar refractivity (Wildman–Crippen MR) is 51.2 cm³/mol. The molecule has 0 heterocycles. The van der Waals surface area contributed by atoms with Gasteiger partial charge < -0.3 is 14.6 Å². The van der Waals surface area contributed by atoms with E-state index in [2.05, 4.69) is 0 Å². The van der Waals surface area contributed by atoms with Crippen LogP contribution in [0, 0.1) is 6.92 Å². The maximum Gasteiger partial charge on any atom is 0.336 e. The lowest BCUT2D eigenvalue weighted by Crippen LogP contribution is -2.02. The van der Waals surface area contributed by atoms with E-state index in [1.165, 1.54) is 20.3 Å². The third kappa shape index (κ3) is 1.79. The Kier molecular flexibility index (Phi) is 2.96. The molecule has 0 unspecified atom stereocenters. The molecule has 0 aromatic heterocycles. The molecule has 1 N–H and O–H groups in total. The molecule has 4 nitrogen and oxygen atoms in total. The maximum absolute atomic E-state index is 10.8. The summed E-state index contributed by atoms with van der Waals surface area (Å²) in [5, 5.41) is 8.89. The van der Waals surface area contributed by atoms with Crippen LogP contribution in [0.1, 0.15) is 15.9 Å². The number of aromatic carboxylic acids is 1. The highest BCUT2D eigenvalue weighted by atomic mass is 16.5. The van der Waals surface area contributed by atoms with Crippen molar-refractivity contribution < 1.29 is 19.4 Å². The predicted octanol–water partition coefficient (Wildman–Crippen LogP) is 1.71. The van der Waals surface area contributed by atoms with Crippen molar-refractivity contribution in [3.63, 3.8) is 0 Å². The highest BCUT2D eigenvalue weighted by molar-refractivity contribution is 5.90. The minimum atomic E-state index is -0.986. The van der Waals surface area contributed by atoms with E-state index in [4.69, 9.17) is 14.6 Å². The third-order valence-electron chi connectivity index (χ3n) is 2.02. The lowest BCUT2D eigenvalue weighted by Gasteiger charge is -2.09. The molecule has 0 fully saturated rings. The molecule has 0 saturated heterocycles. The number of methoxy groups -OCH3 is 2. The first kappa shape index (κ1) is 10.4. The van der Waals surface area contributed by atoms with Crippen molar-refractivity contribution in [1.82, 2.24) is 0 Å². The molecule has 1 aromatic carbocycles. The summed E-state index contributed by atoms with van der Waals surface area (Å²) >= 11 is 0. The number of hydrogen-bond acceptors (Lipinski definition) is 3. The van der Waals surface area contributed by atoms with E-state index in [-0.39, 0.29) is 5.56 Å². The zero-order valence-corrected chi connectivity index (χ0v) is 8.33. The van der Waals surface area contributed by atoms with Crippen molar-refractivity contribution in [3.8, 4) is 11.5 Å². The topological polar surface area (TPSA) is 55.8 Å². The van der Waals surface area contributed by atoms with Crippen LogP contribution >= 0.6 is 0 Å². The molecule has 1 rings (SSSR count). The van der Waals surface area contributed by atoms with Gasteiger partial charge >= 0.3 is 5.97 Å². The molecule has 1 aromatic rings. The van der Waals surface area contributed by atoms with Crippen LogP contribution in [0.15, 0.2) is 12.1 Å². The largest absolute Gasteiger partial charge is 0.497 e. The standard InChI is InChI=1S/C10H12O4/c1-6-8(10(11)12)4-7(13-2)5-9(6)14-3/h4-5H,1-3H3,(H,11,12). The van der Waals surface area contributed by atoms with Crippen molar-refractivity contribution in [2.24, 2.45) is 0 Å². The van der Waals surface area contributed by atoms with E-state index in [0.29, 0.717) is 17.1 Å². The molecule has 76 valence electrons. The average Bonchev–Trinajstić information content (AvgIpc) is 2.17. The van der Waals surface area contributed by atoms with Crippen molar-refractivity contribution >= 4 is 5.97 Å². The molecular formula is C10H12O4. The Morgan fingerprint density at radius 2 is 1.93 bits per heavy atom. The molecule has 0 amide bonds. The van der Waals surface area contributed by atoms with E-state index in [9.17, 15) is 4.79 Å². The summed E-state index contributed by atoms with van der Waals surface area (Å²) in [5.41, 5.74) is 0.794. The lowest BCUT2D eigenvalue weighted by molar-refractivity contribution is 0.0695. The van der Waals surface area contributed by atoms with Crippen LogP contribution in [0.4, 0.5) is 0 Å². The van der Waals surface area contributed by atoms with Gasteiger partial charge in [0.1, 0.15) is 11.5 Å². The van der Waals surface area contributed by atoms with Crippen LogP contribution in [0.25, 0.3) is 0 Å². The van der Waals surface area contributed by atoms with Crippen molar-refractivity contribution in [2.75, 3.05) is 14.2 Å². The molecule has 0 atom stereocenters. The van der Waals surface area contributed by atoms with E-state index in [1.807, 2.05) is 0 Å². The molecule has 0 bridgehead atoms. The second-order valence-corrected chi connectivity index (χ2v) is 2.81. The number of hydrogen-bond donors (Lipinski definition) is 1. The van der Waals surface area contributed by atoms with Crippen LogP contribution in [0.3, 0.4) is 0 Å². The number of carboxylic acid groups (broad SMARTS) is 1. The number of benzene rings is 1. The van der Waals surface area contributed by atoms with Gasteiger partial charge in [0.25, 0.3) is 0 Å². The molecular weight excluding hydrogens is 184 g/mol. The maximum atomic E-state index is 10.8. The van der Waals surface area contributed by atoms with Gasteiger partial charge in [-0.15, -0.1) is 0 Å². The van der Waals surface area contributed by atoms with E-state index in [1.54, 1.807) is 13.0 Å². The van der Waals surface area contributed by atoms with Crippen LogP contribution < -0.4 is 9.47 Å². The van der Waals surface area contributed by atoms with Gasteiger partial charge in [-0.05, 0) is 13.0 Å². The first-order valence-electron chi connectivity index (χ1n) is 4.06. The van der Waals surface area contributed by atoms with Crippen molar-refractivity contribution in [3.05, 3.63) is 23.3 Å². The number of carbonyl (C=O) groups is 1. The van der Waals surface area contributed by atoms with Gasteiger partial charge in [0.2, 0.25) is 0 Å². The second kappa shape index (κ2) is 4.00. The first-order chi connectivity index (χ1) is 6.60. The molecule has 14 heavy (non-hydrogen) atoms. The molecule has 0 aliphatic carbocycles. The highest BCUT2D eigenvalue weighted by Crippen LogP contribution is 2.27. The minimum Gasteiger partial charge on any atom is -0.497 e. The average molecular weight is 196 g/mol. The molecule has 0 saturated carbocycles. The first-order valence-corrected chi connectivity index (χ1v) is 4.06. The molecule has 0 radical (unpaired) electrons. The summed E-state index contributed by atoms with van der Waals surface area (Å²) in [6, 6.07) is 3.13. The van der Waals surface area contributed by atoms with Crippen molar-refractivity contribution in [1.29, 1.82) is 0 Å². The monoisotopic (exact) mass is 196 g/mol. The zero-order valence-electron chi connectivity index (χ0n) is 8.33. The fourth-order valence-electron chi connectivity index (χ4n) is 1.21. The van der Waals surface area contributed by atoms with Crippen LogP contribution in [0.5, 0.6) is 11.5 Å². The van der Waals surface area contributed by atoms with Gasteiger partial charge in [-0.3, -0.25) is 0 Å². The highest BCUT2D eigenvalue weighted by Gasteiger charge is 2.13. The fraction of sp³-hybridized carbons (Fsp3) is 0.300. The Morgan fingerprint density at radius 3 is 2.36 bits per heavy atom. The fourth-order valence-corrected chi connectivity index (χ4v) is 1.21. The van der Waals surface area contributed by atoms with E-state index in [0.717, 1.165) is 0 Å². The molecule has 0 aliphatic rings. The number of carboxylic acids is 1. The molecule has 0 aliphatic heterocycles. The van der Waals surface area contributed by atoms with Gasteiger partial charge in [-0.25, -0.2) is 4.79 Å². The Bertz CT molecular complexity index is 357. The summed E-state index contributed by atoms with van der Waals surface area (Å²) < 4.78 is 9.99. The summed E-state index contributed by atoms with van der Waals surface area (Å²) in [6.07, 6.45) is 0. The Labute approximate surface area is 82.1 Å². The zero-order chi connectivity index (χ0) is 10.7. The Balaban J connectivity index is 3.34. The normalized spacial score (nSPS) is 9.64. The SMILES string of the molecule is COc1cc(OC)c(C)c(C(=O)O)c1. The van der Waals surface area contributed by atoms with Gasteiger partial charge in [0.15, 0.2) is 0 Å². The molecule has 0 spiro atoms. The van der Waals surface area contributed by atoms with E-state index < -0.39 is 5.97 Å². The Hall–Kier alpha value is -1.71. The van der Waals surface area contributed by atoms with Crippen LogP contribution in [-0.4, -0.2) is 25.3 Å². The minimum absolute atomic E-state index is 0.196. The van der Waals surface area contributed by atoms with Gasteiger partial charge in [-0.2, -0.15) is 0 Å². The van der Waals surface area contributed by atoms with Crippen LogP contribution in [0.2, 0.25) is 0 Å². The van der Waals surface area contributed by atoms with Crippen molar-refractivity contribution in [2.45, 2.75) is 6.92 Å². The quantitative estimate of drug-likeness (QED) is 0.799. The summed E-state index contributed by atoms with van der Waals surface area (Å²) in [6.45, 7) is 1.70. The Morgan fingerprint density at radius 1 is 1.29 bits per heavy atom. The third-order valence-corrected chi connectivity index (χ3v) is 2.02. The van der Waals surface area contributed by atoms with Crippen LogP contribution in [-0.2, 0) is 0 Å². The molecule has 4 heteroatoms.